The van der Waals surface area contributed by atoms with Gasteiger partial charge in [-0.3, -0.25) is 4.79 Å². The van der Waals surface area contributed by atoms with Gasteiger partial charge in [-0.15, -0.1) is 0 Å². The molecule has 0 atom stereocenters. The summed E-state index contributed by atoms with van der Waals surface area (Å²) in [6.45, 7) is 4.23. The summed E-state index contributed by atoms with van der Waals surface area (Å²) in [5.74, 6) is 0.225. The number of nitrogens with zero attached hydrogens (tertiary/aromatic N) is 3. The molecular formula is C18H17ClN4O. The maximum absolute atomic E-state index is 12.5. The van der Waals surface area contributed by atoms with Gasteiger partial charge in [0, 0.05) is 10.6 Å². The van der Waals surface area contributed by atoms with Crippen LogP contribution in [0.15, 0.2) is 55.1 Å². The molecule has 1 N–H and O–H groups in total. The molecule has 0 unspecified atom stereocenters. The molecule has 1 amide bonds. The number of halogens is 1. The Hall–Kier alpha value is -2.66. The second-order valence-corrected chi connectivity index (χ2v) is 6.17. The van der Waals surface area contributed by atoms with Crippen molar-refractivity contribution < 1.29 is 4.79 Å². The van der Waals surface area contributed by atoms with Gasteiger partial charge in [0.15, 0.2) is 0 Å². The van der Waals surface area contributed by atoms with E-state index >= 15 is 0 Å². The lowest BCUT2D eigenvalue weighted by Gasteiger charge is -2.12. The van der Waals surface area contributed by atoms with Crippen molar-refractivity contribution in [2.24, 2.45) is 0 Å². The predicted molar refractivity (Wildman–Crippen MR) is 94.9 cm³/mol. The summed E-state index contributed by atoms with van der Waals surface area (Å²) in [5.41, 5.74) is 3.05. The Balaban J connectivity index is 1.88. The number of hydrogen-bond donors (Lipinski definition) is 1. The Morgan fingerprint density at radius 1 is 1.17 bits per heavy atom. The number of aromatic nitrogens is 3. The van der Waals surface area contributed by atoms with Crippen molar-refractivity contribution in [3.05, 3.63) is 71.3 Å². The van der Waals surface area contributed by atoms with Crippen molar-refractivity contribution in [2.45, 2.75) is 19.8 Å². The summed E-state index contributed by atoms with van der Waals surface area (Å²) in [7, 11) is 0. The highest BCUT2D eigenvalue weighted by molar-refractivity contribution is 6.31. The van der Waals surface area contributed by atoms with E-state index in [0.29, 0.717) is 27.9 Å². The molecule has 3 aromatic rings. The molecule has 2 aromatic carbocycles. The monoisotopic (exact) mass is 340 g/mol. The molecule has 0 saturated carbocycles. The van der Waals surface area contributed by atoms with Crippen LogP contribution in [-0.2, 0) is 0 Å². The van der Waals surface area contributed by atoms with Crippen LogP contribution in [0.25, 0.3) is 5.69 Å². The maximum Gasteiger partial charge on any atom is 0.255 e. The Morgan fingerprint density at radius 2 is 1.92 bits per heavy atom. The summed E-state index contributed by atoms with van der Waals surface area (Å²) in [6, 6.07) is 12.8. The van der Waals surface area contributed by atoms with Gasteiger partial charge in [-0.25, -0.2) is 9.67 Å². The van der Waals surface area contributed by atoms with Crippen molar-refractivity contribution in [3.8, 4) is 5.69 Å². The zero-order valence-electron chi connectivity index (χ0n) is 13.4. The topological polar surface area (TPSA) is 59.8 Å². The van der Waals surface area contributed by atoms with E-state index in [2.05, 4.69) is 29.2 Å². The minimum absolute atomic E-state index is 0.200. The van der Waals surface area contributed by atoms with E-state index in [1.54, 1.807) is 29.2 Å². The normalized spacial score (nSPS) is 10.8. The zero-order valence-corrected chi connectivity index (χ0v) is 14.2. The summed E-state index contributed by atoms with van der Waals surface area (Å²) < 4.78 is 1.58. The Morgan fingerprint density at radius 3 is 2.54 bits per heavy atom. The second-order valence-electron chi connectivity index (χ2n) is 5.73. The van der Waals surface area contributed by atoms with E-state index in [-0.39, 0.29) is 5.91 Å². The third-order valence-electron chi connectivity index (χ3n) is 3.71. The van der Waals surface area contributed by atoms with E-state index in [4.69, 9.17) is 11.6 Å². The van der Waals surface area contributed by atoms with Crippen molar-refractivity contribution in [1.29, 1.82) is 0 Å². The first-order valence-corrected chi connectivity index (χ1v) is 7.98. The zero-order chi connectivity index (χ0) is 17.1. The van der Waals surface area contributed by atoms with Crippen LogP contribution in [0.4, 0.5) is 5.69 Å². The van der Waals surface area contributed by atoms with Crippen molar-refractivity contribution in [1.82, 2.24) is 14.8 Å². The molecule has 24 heavy (non-hydrogen) atoms. The van der Waals surface area contributed by atoms with Crippen molar-refractivity contribution in [2.75, 3.05) is 5.32 Å². The van der Waals surface area contributed by atoms with Crippen LogP contribution in [-0.4, -0.2) is 20.7 Å². The SMILES string of the molecule is CC(C)c1ccc(C(=O)Nc2cc(Cl)ccc2-n2cncn2)cc1. The van der Waals surface area contributed by atoms with Crippen molar-refractivity contribution >= 4 is 23.2 Å². The van der Waals surface area contributed by atoms with Gasteiger partial charge in [-0.2, -0.15) is 5.10 Å². The Bertz CT molecular complexity index is 842. The molecule has 5 nitrogen and oxygen atoms in total. The molecular weight excluding hydrogens is 324 g/mol. The highest BCUT2D eigenvalue weighted by Crippen LogP contribution is 2.24. The maximum atomic E-state index is 12.5. The molecule has 1 heterocycles. The first-order chi connectivity index (χ1) is 11.5. The van der Waals surface area contributed by atoms with Gasteiger partial charge in [-0.1, -0.05) is 37.6 Å². The number of amides is 1. The lowest BCUT2D eigenvalue weighted by Crippen LogP contribution is -2.14. The van der Waals surface area contributed by atoms with Crippen LogP contribution in [0.5, 0.6) is 0 Å². The molecule has 1 aromatic heterocycles. The van der Waals surface area contributed by atoms with Gasteiger partial charge in [0.25, 0.3) is 5.91 Å². The fourth-order valence-corrected chi connectivity index (χ4v) is 2.53. The lowest BCUT2D eigenvalue weighted by molar-refractivity contribution is 0.102. The van der Waals surface area contributed by atoms with Crippen LogP contribution < -0.4 is 5.32 Å². The predicted octanol–water partition coefficient (Wildman–Crippen LogP) is 4.30. The second kappa shape index (κ2) is 6.84. The molecule has 3 rings (SSSR count). The Labute approximate surface area is 145 Å². The molecule has 0 spiro atoms. The molecule has 0 bridgehead atoms. The minimum Gasteiger partial charge on any atom is -0.320 e. The summed E-state index contributed by atoms with van der Waals surface area (Å²) >= 11 is 6.07. The quantitative estimate of drug-likeness (QED) is 0.770. The van der Waals surface area contributed by atoms with Gasteiger partial charge in [0.1, 0.15) is 12.7 Å². The fraction of sp³-hybridized carbons (Fsp3) is 0.167. The lowest BCUT2D eigenvalue weighted by atomic mass is 10.0. The molecule has 0 aliphatic heterocycles. The average molecular weight is 341 g/mol. The number of carbonyl (C=O) groups excluding carboxylic acids is 1. The number of nitrogens with one attached hydrogen (secondary N) is 1. The number of hydrogen-bond acceptors (Lipinski definition) is 3. The fourth-order valence-electron chi connectivity index (χ4n) is 2.35. The van der Waals surface area contributed by atoms with Gasteiger partial charge >= 0.3 is 0 Å². The van der Waals surface area contributed by atoms with E-state index in [1.807, 2.05) is 24.3 Å². The van der Waals surface area contributed by atoms with Gasteiger partial charge in [-0.05, 0) is 41.8 Å². The van der Waals surface area contributed by atoms with E-state index in [1.165, 1.54) is 11.9 Å². The third-order valence-corrected chi connectivity index (χ3v) is 3.95. The van der Waals surface area contributed by atoms with Crippen LogP contribution in [0.1, 0.15) is 35.7 Å². The summed E-state index contributed by atoms with van der Waals surface area (Å²) in [5, 5.41) is 7.52. The minimum atomic E-state index is -0.200. The molecule has 0 aliphatic carbocycles. The summed E-state index contributed by atoms with van der Waals surface area (Å²) in [6.07, 6.45) is 3.00. The molecule has 122 valence electrons. The molecule has 0 saturated heterocycles. The van der Waals surface area contributed by atoms with Gasteiger partial charge < -0.3 is 5.32 Å². The largest absolute Gasteiger partial charge is 0.320 e. The smallest absolute Gasteiger partial charge is 0.255 e. The third kappa shape index (κ3) is 3.46. The number of rotatable bonds is 4. The van der Waals surface area contributed by atoms with Crippen LogP contribution in [0.3, 0.4) is 0 Å². The average Bonchev–Trinajstić information content (AvgIpc) is 3.09. The highest BCUT2D eigenvalue weighted by Gasteiger charge is 2.12. The van der Waals surface area contributed by atoms with Gasteiger partial charge in [0.2, 0.25) is 0 Å². The van der Waals surface area contributed by atoms with E-state index in [9.17, 15) is 4.79 Å². The standard InChI is InChI=1S/C18H17ClN4O/c1-12(2)13-3-5-14(6-4-13)18(24)22-16-9-15(19)7-8-17(16)23-11-20-10-21-23/h3-12H,1-2H3,(H,22,24). The highest BCUT2D eigenvalue weighted by atomic mass is 35.5. The number of carbonyl (C=O) groups is 1. The van der Waals surface area contributed by atoms with Crippen LogP contribution in [0.2, 0.25) is 5.02 Å². The summed E-state index contributed by atoms with van der Waals surface area (Å²) in [4.78, 5) is 16.5. The van der Waals surface area contributed by atoms with Gasteiger partial charge in [0.05, 0.1) is 11.4 Å². The van der Waals surface area contributed by atoms with Crippen LogP contribution >= 0.6 is 11.6 Å². The first-order valence-electron chi connectivity index (χ1n) is 7.60. The van der Waals surface area contributed by atoms with E-state index in [0.717, 1.165) is 0 Å². The molecule has 0 radical (unpaired) electrons. The molecule has 0 aliphatic rings. The molecule has 6 heteroatoms. The Kier molecular flexibility index (Phi) is 4.62. The number of benzene rings is 2. The van der Waals surface area contributed by atoms with E-state index < -0.39 is 0 Å². The molecule has 0 fully saturated rings. The van der Waals surface area contributed by atoms with Crippen molar-refractivity contribution in [3.63, 3.8) is 0 Å². The van der Waals surface area contributed by atoms with Crippen LogP contribution in [0, 0.1) is 0 Å². The first kappa shape index (κ1) is 16.2. The number of anilines is 1.